The van der Waals surface area contributed by atoms with E-state index >= 15 is 0 Å². The molecule has 0 radical (unpaired) electrons. The van der Waals surface area contributed by atoms with Gasteiger partial charge in [0.05, 0.1) is 0 Å². The van der Waals surface area contributed by atoms with Crippen LogP contribution in [-0.2, 0) is 9.59 Å². The van der Waals surface area contributed by atoms with Crippen molar-refractivity contribution in [2.75, 3.05) is 6.54 Å². The number of allylic oxidation sites excluding steroid dienone is 2. The van der Waals surface area contributed by atoms with Crippen molar-refractivity contribution in [2.24, 2.45) is 28.6 Å². The molecule has 2 saturated carbocycles. The number of hydrogen-bond acceptors (Lipinski definition) is 3. The summed E-state index contributed by atoms with van der Waals surface area (Å²) in [7, 11) is 0. The van der Waals surface area contributed by atoms with Gasteiger partial charge in [-0.2, -0.15) is 0 Å². The van der Waals surface area contributed by atoms with E-state index in [9.17, 15) is 14.7 Å². The topological polar surface area (TPSA) is 66.4 Å². The minimum atomic E-state index is -1.22. The lowest BCUT2D eigenvalue weighted by Crippen LogP contribution is -2.58. The van der Waals surface area contributed by atoms with E-state index in [1.807, 2.05) is 0 Å². The molecule has 2 fully saturated rings. The Balaban J connectivity index is 1.80. The van der Waals surface area contributed by atoms with Crippen molar-refractivity contribution in [2.45, 2.75) is 52.1 Å². The molecule has 0 saturated heterocycles. The molecule has 5 heteroatoms. The zero-order valence-electron chi connectivity index (χ0n) is 15.1. The summed E-state index contributed by atoms with van der Waals surface area (Å²) in [6, 6.07) is 0. The Kier molecular flexibility index (Phi) is 3.60. The highest BCUT2D eigenvalue weighted by molar-refractivity contribution is 6.32. The number of nitrogens with one attached hydrogen (secondary N) is 1. The maximum Gasteiger partial charge on any atom is 0.244 e. The first-order valence-corrected chi connectivity index (χ1v) is 9.62. The van der Waals surface area contributed by atoms with Crippen LogP contribution in [0.15, 0.2) is 22.8 Å². The highest BCUT2D eigenvalue weighted by Gasteiger charge is 2.65. The van der Waals surface area contributed by atoms with Gasteiger partial charge in [0.1, 0.15) is 5.60 Å². The molecule has 1 aliphatic heterocycles. The highest BCUT2D eigenvalue weighted by Crippen LogP contribution is 2.66. The molecule has 0 aromatic heterocycles. The lowest BCUT2D eigenvalue weighted by atomic mass is 9.49. The number of carbonyl (C=O) groups excluding carboxylic acids is 2. The van der Waals surface area contributed by atoms with Gasteiger partial charge in [0, 0.05) is 28.5 Å². The Morgan fingerprint density at radius 2 is 1.96 bits per heavy atom. The van der Waals surface area contributed by atoms with Crippen LogP contribution in [0.5, 0.6) is 0 Å². The zero-order chi connectivity index (χ0) is 18.2. The third kappa shape index (κ3) is 2.04. The molecule has 6 atom stereocenters. The average Bonchev–Trinajstić information content (AvgIpc) is 2.83. The summed E-state index contributed by atoms with van der Waals surface area (Å²) in [5, 5.41) is 14.8. The van der Waals surface area contributed by atoms with Crippen LogP contribution in [0, 0.1) is 28.6 Å². The molecule has 4 aliphatic rings. The third-order valence-electron chi connectivity index (χ3n) is 8.00. The molecule has 25 heavy (non-hydrogen) atoms. The van der Waals surface area contributed by atoms with Crippen LogP contribution >= 0.6 is 11.6 Å². The Morgan fingerprint density at radius 3 is 2.64 bits per heavy atom. The highest BCUT2D eigenvalue weighted by atomic mass is 35.5. The minimum Gasteiger partial charge on any atom is -0.382 e. The quantitative estimate of drug-likeness (QED) is 0.752. The van der Waals surface area contributed by atoms with Crippen LogP contribution in [-0.4, -0.2) is 28.9 Å². The number of Topliss-reactive ketones (excluding diaryl/α,β-unsaturated/α-hetero) is 1. The standard InChI is InChI=1S/C20H26ClNO3/c1-11(23)20(25)7-5-14-12-8-16(21)15-9-17(24)22-10-18(15,2)13(12)4-6-19(14,20)3/h8-9,12-14,25H,4-7,10H2,1-3H3,(H,22,24)/t12-,13+,14+,18-,19+,20+/m1/s1. The van der Waals surface area contributed by atoms with Crippen molar-refractivity contribution in [1.29, 1.82) is 0 Å². The van der Waals surface area contributed by atoms with E-state index in [2.05, 4.69) is 25.2 Å². The van der Waals surface area contributed by atoms with Crippen LogP contribution in [0.1, 0.15) is 46.5 Å². The predicted octanol–water partition coefficient (Wildman–Crippen LogP) is 2.95. The second kappa shape index (κ2) is 5.20. The number of rotatable bonds is 1. The third-order valence-corrected chi connectivity index (χ3v) is 8.33. The number of halogens is 1. The Labute approximate surface area is 153 Å². The largest absolute Gasteiger partial charge is 0.382 e. The molecule has 0 aromatic rings. The lowest BCUT2D eigenvalue weighted by Gasteiger charge is -2.57. The fourth-order valence-electron chi connectivity index (χ4n) is 6.41. The molecule has 0 unspecified atom stereocenters. The fourth-order valence-corrected chi connectivity index (χ4v) is 6.83. The van der Waals surface area contributed by atoms with Gasteiger partial charge in [0.15, 0.2) is 5.78 Å². The van der Waals surface area contributed by atoms with E-state index in [4.69, 9.17) is 11.6 Å². The molecule has 2 N–H and O–H groups in total. The molecular weight excluding hydrogens is 338 g/mol. The molecule has 1 amide bonds. The van der Waals surface area contributed by atoms with Gasteiger partial charge >= 0.3 is 0 Å². The van der Waals surface area contributed by atoms with Crippen molar-refractivity contribution >= 4 is 23.3 Å². The fraction of sp³-hybridized carbons (Fsp3) is 0.700. The molecule has 0 spiro atoms. The van der Waals surface area contributed by atoms with E-state index in [-0.39, 0.29) is 28.9 Å². The molecular formula is C20H26ClNO3. The Morgan fingerprint density at radius 1 is 1.28 bits per heavy atom. The van der Waals surface area contributed by atoms with Crippen molar-refractivity contribution in [1.82, 2.24) is 5.32 Å². The lowest BCUT2D eigenvalue weighted by molar-refractivity contribution is -0.156. The summed E-state index contributed by atoms with van der Waals surface area (Å²) in [5.41, 5.74) is -0.852. The molecule has 3 aliphatic carbocycles. The average molecular weight is 364 g/mol. The molecule has 4 nitrogen and oxygen atoms in total. The summed E-state index contributed by atoms with van der Waals surface area (Å²) in [5.74, 6) is 0.652. The first-order valence-electron chi connectivity index (χ1n) is 9.24. The summed E-state index contributed by atoms with van der Waals surface area (Å²) in [6.07, 6.45) is 6.89. The Bertz CT molecular complexity index is 728. The maximum absolute atomic E-state index is 12.2. The van der Waals surface area contributed by atoms with E-state index in [1.165, 1.54) is 6.92 Å². The number of fused-ring (bicyclic) bond motifs is 5. The minimum absolute atomic E-state index is 0.0788. The number of amides is 1. The van der Waals surface area contributed by atoms with Crippen LogP contribution in [0.3, 0.4) is 0 Å². The molecule has 4 rings (SSSR count). The van der Waals surface area contributed by atoms with Gasteiger partial charge in [-0.05, 0) is 55.9 Å². The zero-order valence-corrected chi connectivity index (χ0v) is 15.8. The Hall–Kier alpha value is -1.13. The molecule has 0 aromatic carbocycles. The van der Waals surface area contributed by atoms with Gasteiger partial charge < -0.3 is 10.4 Å². The predicted molar refractivity (Wildman–Crippen MR) is 95.8 cm³/mol. The number of aliphatic hydroxyl groups is 1. The van der Waals surface area contributed by atoms with Gasteiger partial charge in [-0.1, -0.05) is 31.5 Å². The van der Waals surface area contributed by atoms with Crippen molar-refractivity contribution in [3.8, 4) is 0 Å². The summed E-state index contributed by atoms with van der Waals surface area (Å²) in [6.45, 7) is 6.39. The van der Waals surface area contributed by atoms with Crippen molar-refractivity contribution in [3.05, 3.63) is 22.8 Å². The second-order valence-electron chi connectivity index (χ2n) is 8.91. The smallest absolute Gasteiger partial charge is 0.244 e. The second-order valence-corrected chi connectivity index (χ2v) is 9.32. The van der Waals surface area contributed by atoms with Gasteiger partial charge in [0.2, 0.25) is 5.91 Å². The van der Waals surface area contributed by atoms with Crippen molar-refractivity contribution < 1.29 is 14.7 Å². The number of ketones is 1. The SMILES string of the molecule is CC(=O)[C@@]1(O)CC[C@H]2[C@@H]3C=C(Cl)C4=CC(=O)NC[C@]4(C)[C@H]3CC[C@@]21C. The van der Waals surface area contributed by atoms with Crippen LogP contribution in [0.2, 0.25) is 0 Å². The van der Waals surface area contributed by atoms with Gasteiger partial charge in [-0.25, -0.2) is 0 Å². The van der Waals surface area contributed by atoms with Crippen molar-refractivity contribution in [3.63, 3.8) is 0 Å². The van der Waals surface area contributed by atoms with E-state index < -0.39 is 11.0 Å². The summed E-state index contributed by atoms with van der Waals surface area (Å²) >= 11 is 6.62. The first kappa shape index (κ1) is 17.3. The van der Waals surface area contributed by atoms with Crippen LogP contribution in [0.4, 0.5) is 0 Å². The van der Waals surface area contributed by atoms with Gasteiger partial charge in [-0.15, -0.1) is 0 Å². The van der Waals surface area contributed by atoms with Gasteiger partial charge in [0.25, 0.3) is 0 Å². The number of carbonyl (C=O) groups is 2. The summed E-state index contributed by atoms with van der Waals surface area (Å²) in [4.78, 5) is 24.0. The van der Waals surface area contributed by atoms with E-state index in [1.54, 1.807) is 6.08 Å². The first-order chi connectivity index (χ1) is 11.6. The molecule has 0 bridgehead atoms. The summed E-state index contributed by atoms with van der Waals surface area (Å²) < 4.78 is 0. The van der Waals surface area contributed by atoms with E-state index in [0.717, 1.165) is 24.8 Å². The van der Waals surface area contributed by atoms with Gasteiger partial charge in [-0.3, -0.25) is 9.59 Å². The normalized spacial score (nSPS) is 48.5. The number of hydrogen-bond donors (Lipinski definition) is 2. The molecule has 136 valence electrons. The molecule has 1 heterocycles. The van der Waals surface area contributed by atoms with E-state index in [0.29, 0.717) is 23.9 Å². The van der Waals surface area contributed by atoms with Crippen LogP contribution < -0.4 is 5.32 Å². The van der Waals surface area contributed by atoms with Crippen LogP contribution in [0.25, 0.3) is 0 Å². The monoisotopic (exact) mass is 363 g/mol. The maximum atomic E-state index is 12.2.